The van der Waals surface area contributed by atoms with Crippen LogP contribution >= 0.6 is 0 Å². The van der Waals surface area contributed by atoms with Gasteiger partial charge in [0.15, 0.2) is 11.5 Å². The number of carbonyl (C=O) groups excluding carboxylic acids is 1. The fourth-order valence-electron chi connectivity index (χ4n) is 3.74. The summed E-state index contributed by atoms with van der Waals surface area (Å²) in [5.74, 6) is 0.978. The number of fused-ring (bicyclic) bond motifs is 1. The highest BCUT2D eigenvalue weighted by Crippen LogP contribution is 2.39. The molecule has 1 aliphatic rings. The Morgan fingerprint density at radius 2 is 1.96 bits per heavy atom. The molecular formula is C21H28N2O4. The maximum atomic E-state index is 12.3. The summed E-state index contributed by atoms with van der Waals surface area (Å²) in [4.78, 5) is 12.3. The first kappa shape index (κ1) is 19.3. The Kier molecular flexibility index (Phi) is 6.06. The number of hydrogen-bond acceptors (Lipinski definition) is 4. The number of aromatic nitrogens is 1. The predicted molar refractivity (Wildman–Crippen MR) is 104 cm³/mol. The molecule has 3 rings (SSSR count). The van der Waals surface area contributed by atoms with E-state index in [9.17, 15) is 9.90 Å². The summed E-state index contributed by atoms with van der Waals surface area (Å²) < 4.78 is 13.5. The second-order valence-corrected chi connectivity index (χ2v) is 6.84. The van der Waals surface area contributed by atoms with Gasteiger partial charge in [-0.3, -0.25) is 4.79 Å². The number of amides is 1. The van der Waals surface area contributed by atoms with Crippen LogP contribution in [0.1, 0.15) is 47.9 Å². The first-order valence-electron chi connectivity index (χ1n) is 9.61. The molecule has 1 amide bonds. The molecule has 0 saturated heterocycles. The first-order valence-corrected chi connectivity index (χ1v) is 9.61. The van der Waals surface area contributed by atoms with E-state index in [2.05, 4.69) is 11.5 Å². The standard InChI is InChI=1S/C21H28N2O4/c1-3-4-6-16-20(15-7-8-17-18(13-15)27-12-11-26-17)19(21(22)25)14(2)23(16)9-5-10-24/h7-8,13,24H,3-6,9-12H2,1-2H3,(H2,22,25). The zero-order valence-electron chi connectivity index (χ0n) is 16.1. The van der Waals surface area contributed by atoms with Crippen LogP contribution in [-0.4, -0.2) is 35.4 Å². The lowest BCUT2D eigenvalue weighted by Gasteiger charge is -2.19. The lowest BCUT2D eigenvalue weighted by atomic mass is 9.97. The van der Waals surface area contributed by atoms with E-state index in [0.29, 0.717) is 37.5 Å². The molecule has 27 heavy (non-hydrogen) atoms. The molecule has 6 nitrogen and oxygen atoms in total. The number of unbranched alkanes of at least 4 members (excludes halogenated alkanes) is 1. The van der Waals surface area contributed by atoms with Gasteiger partial charge in [0.25, 0.3) is 5.91 Å². The summed E-state index contributed by atoms with van der Waals surface area (Å²) in [6.07, 6.45) is 3.54. The highest BCUT2D eigenvalue weighted by molar-refractivity contribution is 6.02. The number of aliphatic hydroxyl groups excluding tert-OH is 1. The normalized spacial score (nSPS) is 13.0. The van der Waals surface area contributed by atoms with Gasteiger partial charge in [0.2, 0.25) is 0 Å². The Morgan fingerprint density at radius 3 is 2.63 bits per heavy atom. The van der Waals surface area contributed by atoms with E-state index >= 15 is 0 Å². The van der Waals surface area contributed by atoms with Gasteiger partial charge in [0.05, 0.1) is 5.56 Å². The van der Waals surface area contributed by atoms with Gasteiger partial charge in [-0.15, -0.1) is 0 Å². The zero-order chi connectivity index (χ0) is 19.4. The fraction of sp³-hybridized carbons (Fsp3) is 0.476. The van der Waals surface area contributed by atoms with Gasteiger partial charge in [0.1, 0.15) is 13.2 Å². The van der Waals surface area contributed by atoms with E-state index in [1.54, 1.807) is 0 Å². The molecule has 0 aliphatic carbocycles. The quantitative estimate of drug-likeness (QED) is 0.746. The maximum absolute atomic E-state index is 12.3. The smallest absolute Gasteiger partial charge is 0.251 e. The number of ether oxygens (including phenoxy) is 2. The Morgan fingerprint density at radius 1 is 1.22 bits per heavy atom. The van der Waals surface area contributed by atoms with Gasteiger partial charge in [0, 0.05) is 30.1 Å². The molecule has 146 valence electrons. The van der Waals surface area contributed by atoms with Crippen molar-refractivity contribution in [3.8, 4) is 22.6 Å². The monoisotopic (exact) mass is 372 g/mol. The number of aliphatic hydroxyl groups is 1. The van der Waals surface area contributed by atoms with Crippen molar-refractivity contribution in [3.63, 3.8) is 0 Å². The van der Waals surface area contributed by atoms with Gasteiger partial charge < -0.3 is 24.9 Å². The molecule has 3 N–H and O–H groups in total. The number of benzene rings is 1. The lowest BCUT2D eigenvalue weighted by molar-refractivity contribution is 0.1000. The SMILES string of the molecule is CCCCc1c(-c2ccc3c(c2)OCCO3)c(C(N)=O)c(C)n1CCCO. The molecule has 0 fully saturated rings. The molecule has 0 radical (unpaired) electrons. The van der Waals surface area contributed by atoms with E-state index in [4.69, 9.17) is 15.2 Å². The van der Waals surface area contributed by atoms with E-state index in [0.717, 1.165) is 47.5 Å². The topological polar surface area (TPSA) is 86.7 Å². The largest absolute Gasteiger partial charge is 0.486 e. The molecule has 2 aromatic rings. The van der Waals surface area contributed by atoms with Crippen LogP contribution in [-0.2, 0) is 13.0 Å². The van der Waals surface area contributed by atoms with Crippen LogP contribution in [0, 0.1) is 6.92 Å². The van der Waals surface area contributed by atoms with Gasteiger partial charge in [-0.1, -0.05) is 19.4 Å². The minimum Gasteiger partial charge on any atom is -0.486 e. The molecule has 0 saturated carbocycles. The Labute approximate surface area is 159 Å². The van der Waals surface area contributed by atoms with E-state index < -0.39 is 5.91 Å². The number of nitrogens with two attached hydrogens (primary N) is 1. The van der Waals surface area contributed by atoms with Crippen LogP contribution in [0.25, 0.3) is 11.1 Å². The van der Waals surface area contributed by atoms with E-state index in [1.807, 2.05) is 25.1 Å². The van der Waals surface area contributed by atoms with E-state index in [1.165, 1.54) is 0 Å². The Bertz CT molecular complexity index is 826. The minimum atomic E-state index is -0.433. The van der Waals surface area contributed by atoms with E-state index in [-0.39, 0.29) is 6.61 Å². The average molecular weight is 372 g/mol. The van der Waals surface area contributed by atoms with Gasteiger partial charge in [-0.2, -0.15) is 0 Å². The fourth-order valence-corrected chi connectivity index (χ4v) is 3.74. The second-order valence-electron chi connectivity index (χ2n) is 6.84. The van der Waals surface area contributed by atoms with Crippen molar-refractivity contribution in [2.24, 2.45) is 5.73 Å². The third kappa shape index (κ3) is 3.81. The molecular weight excluding hydrogens is 344 g/mol. The number of rotatable bonds is 8. The minimum absolute atomic E-state index is 0.107. The second kappa shape index (κ2) is 8.48. The highest BCUT2D eigenvalue weighted by atomic mass is 16.6. The number of hydrogen-bond donors (Lipinski definition) is 2. The third-order valence-electron chi connectivity index (χ3n) is 5.02. The molecule has 0 unspecified atom stereocenters. The Balaban J connectivity index is 2.18. The van der Waals surface area contributed by atoms with Gasteiger partial charge in [-0.05, 0) is 43.9 Å². The molecule has 1 aromatic heterocycles. The van der Waals surface area contributed by atoms with Crippen LogP contribution in [0.5, 0.6) is 11.5 Å². The Hall–Kier alpha value is -2.47. The summed E-state index contributed by atoms with van der Waals surface area (Å²) in [6, 6.07) is 5.78. The third-order valence-corrected chi connectivity index (χ3v) is 5.02. The maximum Gasteiger partial charge on any atom is 0.251 e. The number of primary amides is 1. The first-order chi connectivity index (χ1) is 13.1. The van der Waals surface area contributed by atoms with Crippen molar-refractivity contribution in [1.82, 2.24) is 4.57 Å². The average Bonchev–Trinajstić information content (AvgIpc) is 2.95. The van der Waals surface area contributed by atoms with Crippen molar-refractivity contribution in [3.05, 3.63) is 35.2 Å². The van der Waals surface area contributed by atoms with Gasteiger partial charge in [-0.25, -0.2) is 0 Å². The van der Waals surface area contributed by atoms with Gasteiger partial charge >= 0.3 is 0 Å². The number of nitrogens with zero attached hydrogens (tertiary/aromatic N) is 1. The van der Waals surface area contributed by atoms with Crippen molar-refractivity contribution >= 4 is 5.91 Å². The van der Waals surface area contributed by atoms with Crippen LogP contribution in [0.2, 0.25) is 0 Å². The zero-order valence-corrected chi connectivity index (χ0v) is 16.1. The summed E-state index contributed by atoms with van der Waals surface area (Å²) in [5, 5.41) is 9.28. The number of carbonyl (C=O) groups is 1. The van der Waals surface area contributed by atoms with Crippen LogP contribution < -0.4 is 15.2 Å². The van der Waals surface area contributed by atoms with Crippen LogP contribution in [0.15, 0.2) is 18.2 Å². The molecule has 1 aliphatic heterocycles. The molecule has 0 bridgehead atoms. The summed E-state index contributed by atoms with van der Waals surface area (Å²) in [7, 11) is 0. The summed E-state index contributed by atoms with van der Waals surface area (Å²) in [6.45, 7) is 5.89. The van der Waals surface area contributed by atoms with Crippen molar-refractivity contribution in [1.29, 1.82) is 0 Å². The molecule has 2 heterocycles. The van der Waals surface area contributed by atoms with Crippen molar-refractivity contribution < 1.29 is 19.4 Å². The van der Waals surface area contributed by atoms with Crippen molar-refractivity contribution in [2.75, 3.05) is 19.8 Å². The highest BCUT2D eigenvalue weighted by Gasteiger charge is 2.25. The summed E-state index contributed by atoms with van der Waals surface area (Å²) in [5.41, 5.74) is 10.1. The van der Waals surface area contributed by atoms with Crippen LogP contribution in [0.3, 0.4) is 0 Å². The lowest BCUT2D eigenvalue weighted by Crippen LogP contribution is -2.15. The molecule has 0 atom stereocenters. The summed E-state index contributed by atoms with van der Waals surface area (Å²) >= 11 is 0. The molecule has 0 spiro atoms. The van der Waals surface area contributed by atoms with Crippen LogP contribution in [0.4, 0.5) is 0 Å². The molecule has 1 aromatic carbocycles. The molecule has 6 heteroatoms. The van der Waals surface area contributed by atoms with Crippen molar-refractivity contribution in [2.45, 2.75) is 46.1 Å². The predicted octanol–water partition coefficient (Wildman–Crippen LogP) is 3.06.